The lowest BCUT2D eigenvalue weighted by Gasteiger charge is -2.06. The largest absolute Gasteiger partial charge is 0.868 e. The van der Waals surface area contributed by atoms with Gasteiger partial charge in [0, 0.05) is 11.6 Å². The van der Waals surface area contributed by atoms with Gasteiger partial charge in [0.05, 0.1) is 12.0 Å². The van der Waals surface area contributed by atoms with Crippen molar-refractivity contribution < 1.29 is 19.6 Å². The average Bonchev–Trinajstić information content (AvgIpc) is 2.53. The Labute approximate surface area is 126 Å². The van der Waals surface area contributed by atoms with Crippen molar-refractivity contribution >= 4 is 17.5 Å². The molecular formula is C16H12NO5-. The minimum Gasteiger partial charge on any atom is -0.868 e. The van der Waals surface area contributed by atoms with Crippen LogP contribution in [0.3, 0.4) is 0 Å². The number of nitrogens with zero attached hydrogens (tertiary/aromatic N) is 1. The molecule has 0 saturated heterocycles. The summed E-state index contributed by atoms with van der Waals surface area (Å²) in [5.41, 5.74) is 0.360. The Morgan fingerprint density at radius 1 is 1.18 bits per heavy atom. The van der Waals surface area contributed by atoms with E-state index in [4.69, 9.17) is 4.74 Å². The van der Waals surface area contributed by atoms with Crippen molar-refractivity contribution in [1.82, 2.24) is 0 Å². The fourth-order valence-electron chi connectivity index (χ4n) is 1.80. The number of nitro groups is 1. The van der Waals surface area contributed by atoms with Crippen molar-refractivity contribution in [2.24, 2.45) is 0 Å². The predicted molar refractivity (Wildman–Crippen MR) is 78.9 cm³/mol. The van der Waals surface area contributed by atoms with Gasteiger partial charge >= 0.3 is 0 Å². The van der Waals surface area contributed by atoms with Crippen LogP contribution >= 0.6 is 0 Å². The Bertz CT molecular complexity index is 735. The van der Waals surface area contributed by atoms with Crippen molar-refractivity contribution in [2.45, 2.75) is 0 Å². The molecular weight excluding hydrogens is 286 g/mol. The van der Waals surface area contributed by atoms with Gasteiger partial charge in [0.25, 0.3) is 5.69 Å². The molecule has 22 heavy (non-hydrogen) atoms. The van der Waals surface area contributed by atoms with Crippen LogP contribution in [-0.2, 0) is 0 Å². The van der Waals surface area contributed by atoms with Crippen LogP contribution in [0.2, 0.25) is 0 Å². The van der Waals surface area contributed by atoms with Crippen LogP contribution in [0, 0.1) is 10.1 Å². The summed E-state index contributed by atoms with van der Waals surface area (Å²) in [6.07, 6.45) is 2.73. The summed E-state index contributed by atoms with van der Waals surface area (Å²) in [5.74, 6) is -0.276. The minimum absolute atomic E-state index is 0.253. The van der Waals surface area contributed by atoms with Gasteiger partial charge in [-0.1, -0.05) is 18.2 Å². The molecule has 0 N–H and O–H groups in total. The second-order valence-corrected chi connectivity index (χ2v) is 4.41. The standard InChI is InChI=1S/C16H13NO5/c1-22-13-6-4-12(5-7-13)15(18)8-2-11-3-9-16(19)14(10-11)17(20)21/h2-10,19H,1H3/p-1/b8-2+. The third kappa shape index (κ3) is 3.49. The average molecular weight is 298 g/mol. The summed E-state index contributed by atoms with van der Waals surface area (Å²) in [4.78, 5) is 21.9. The number of hydrogen-bond acceptors (Lipinski definition) is 5. The van der Waals surface area contributed by atoms with E-state index in [1.165, 1.54) is 25.3 Å². The zero-order valence-corrected chi connectivity index (χ0v) is 11.7. The minimum atomic E-state index is -0.745. The van der Waals surface area contributed by atoms with E-state index >= 15 is 0 Å². The number of methoxy groups -OCH3 is 1. The highest BCUT2D eigenvalue weighted by molar-refractivity contribution is 6.06. The summed E-state index contributed by atoms with van der Waals surface area (Å²) >= 11 is 0. The fourth-order valence-corrected chi connectivity index (χ4v) is 1.80. The van der Waals surface area contributed by atoms with Gasteiger partial charge in [0.1, 0.15) is 5.75 Å². The van der Waals surface area contributed by atoms with Crippen LogP contribution in [0.15, 0.2) is 48.5 Å². The molecule has 6 heteroatoms. The van der Waals surface area contributed by atoms with Gasteiger partial charge in [-0.15, -0.1) is 0 Å². The number of hydrogen-bond donors (Lipinski definition) is 0. The third-order valence-corrected chi connectivity index (χ3v) is 2.98. The number of ketones is 1. The molecule has 0 aliphatic heterocycles. The van der Waals surface area contributed by atoms with Crippen LogP contribution in [0.4, 0.5) is 5.69 Å². The molecule has 0 radical (unpaired) electrons. The van der Waals surface area contributed by atoms with Crippen molar-refractivity contribution in [3.8, 4) is 11.5 Å². The molecule has 0 amide bonds. The van der Waals surface area contributed by atoms with Gasteiger partial charge in [0.2, 0.25) is 0 Å². The summed E-state index contributed by atoms with van der Waals surface area (Å²) in [5, 5.41) is 22.0. The van der Waals surface area contributed by atoms with E-state index in [1.54, 1.807) is 24.3 Å². The molecule has 112 valence electrons. The van der Waals surface area contributed by atoms with E-state index < -0.39 is 16.4 Å². The highest BCUT2D eigenvalue weighted by Crippen LogP contribution is 2.24. The van der Waals surface area contributed by atoms with Gasteiger partial charge in [0.15, 0.2) is 5.78 Å². The molecule has 0 atom stereocenters. The molecule has 0 heterocycles. The van der Waals surface area contributed by atoms with E-state index in [0.717, 1.165) is 12.1 Å². The molecule has 0 unspecified atom stereocenters. The topological polar surface area (TPSA) is 92.5 Å². The number of carbonyl (C=O) groups excluding carboxylic acids is 1. The first-order valence-electron chi connectivity index (χ1n) is 6.33. The monoisotopic (exact) mass is 298 g/mol. The first-order chi connectivity index (χ1) is 10.5. The molecule has 0 bridgehead atoms. The molecule has 0 saturated carbocycles. The summed E-state index contributed by atoms with van der Waals surface area (Å²) < 4.78 is 5.00. The van der Waals surface area contributed by atoms with Crippen LogP contribution in [-0.4, -0.2) is 17.8 Å². The maximum absolute atomic E-state index is 12.0. The highest BCUT2D eigenvalue weighted by Gasteiger charge is 2.07. The SMILES string of the molecule is COc1ccc(C(=O)/C=C/c2ccc([O-])c([N+](=O)[O-])c2)cc1. The molecule has 2 rings (SSSR count). The number of benzene rings is 2. The normalized spacial score (nSPS) is 10.6. The highest BCUT2D eigenvalue weighted by atomic mass is 16.6. The van der Waals surface area contributed by atoms with Crippen molar-refractivity contribution in [1.29, 1.82) is 0 Å². The first-order valence-corrected chi connectivity index (χ1v) is 6.33. The summed E-state index contributed by atoms with van der Waals surface area (Å²) in [7, 11) is 1.53. The molecule has 2 aromatic carbocycles. The lowest BCUT2D eigenvalue weighted by atomic mass is 10.1. The van der Waals surface area contributed by atoms with Crippen LogP contribution in [0.5, 0.6) is 11.5 Å². The first kappa shape index (κ1) is 15.2. The summed E-state index contributed by atoms with van der Waals surface area (Å²) in [6.45, 7) is 0. The third-order valence-electron chi connectivity index (χ3n) is 2.98. The van der Waals surface area contributed by atoms with Gasteiger partial charge in [-0.3, -0.25) is 14.9 Å². The van der Waals surface area contributed by atoms with E-state index in [-0.39, 0.29) is 5.78 Å². The number of nitro benzene ring substituents is 1. The fraction of sp³-hybridized carbons (Fsp3) is 0.0625. The Balaban J connectivity index is 2.18. The quantitative estimate of drug-likeness (QED) is 0.366. The Hall–Kier alpha value is -3.15. The molecule has 0 aliphatic carbocycles. The van der Waals surface area contributed by atoms with Crippen molar-refractivity contribution in [3.05, 3.63) is 69.8 Å². The molecule has 0 spiro atoms. The second kappa shape index (κ2) is 6.53. The number of rotatable bonds is 5. The van der Waals surface area contributed by atoms with Gasteiger partial charge in [-0.2, -0.15) is 0 Å². The lowest BCUT2D eigenvalue weighted by Crippen LogP contribution is -1.98. The Morgan fingerprint density at radius 2 is 1.86 bits per heavy atom. The number of allylic oxidation sites excluding steroid dienone is 1. The Morgan fingerprint density at radius 3 is 2.45 bits per heavy atom. The maximum Gasteiger partial charge on any atom is 0.262 e. The van der Waals surface area contributed by atoms with Crippen molar-refractivity contribution in [3.63, 3.8) is 0 Å². The zero-order chi connectivity index (χ0) is 16.1. The van der Waals surface area contributed by atoms with Crippen LogP contribution in [0.25, 0.3) is 6.08 Å². The van der Waals surface area contributed by atoms with Gasteiger partial charge in [-0.05, 0) is 41.7 Å². The molecule has 0 aliphatic rings. The van der Waals surface area contributed by atoms with E-state index in [2.05, 4.69) is 0 Å². The van der Waals surface area contributed by atoms with Crippen LogP contribution < -0.4 is 9.84 Å². The molecule has 0 fully saturated rings. The number of ether oxygens (including phenoxy) is 1. The van der Waals surface area contributed by atoms with Gasteiger partial charge in [-0.25, -0.2) is 0 Å². The Kier molecular flexibility index (Phi) is 4.53. The lowest BCUT2D eigenvalue weighted by molar-refractivity contribution is -0.398. The van der Waals surface area contributed by atoms with Crippen molar-refractivity contribution in [2.75, 3.05) is 7.11 Å². The predicted octanol–water partition coefficient (Wildman–Crippen LogP) is 2.57. The van der Waals surface area contributed by atoms with Crippen LogP contribution in [0.1, 0.15) is 15.9 Å². The number of carbonyl (C=O) groups is 1. The summed E-state index contributed by atoms with van der Waals surface area (Å²) in [6, 6.07) is 10.2. The maximum atomic E-state index is 12.0. The van der Waals surface area contributed by atoms with E-state index in [0.29, 0.717) is 16.9 Å². The molecule has 6 nitrogen and oxygen atoms in total. The second-order valence-electron chi connectivity index (χ2n) is 4.41. The molecule has 2 aromatic rings. The van der Waals surface area contributed by atoms with E-state index in [9.17, 15) is 20.0 Å². The van der Waals surface area contributed by atoms with E-state index in [1.807, 2.05) is 0 Å². The smallest absolute Gasteiger partial charge is 0.262 e. The van der Waals surface area contributed by atoms with Gasteiger partial charge < -0.3 is 9.84 Å². The zero-order valence-electron chi connectivity index (χ0n) is 11.7. The molecule has 0 aromatic heterocycles.